The van der Waals surface area contributed by atoms with E-state index < -0.39 is 18.2 Å². The normalized spacial score (nSPS) is 16.8. The van der Waals surface area contributed by atoms with E-state index in [1.54, 1.807) is 0 Å². The van der Waals surface area contributed by atoms with Gasteiger partial charge in [-0.15, -0.1) is 0 Å². The van der Waals surface area contributed by atoms with Crippen LogP contribution in [0.15, 0.2) is 0 Å². The lowest BCUT2D eigenvalue weighted by molar-refractivity contribution is -0.139. The summed E-state index contributed by atoms with van der Waals surface area (Å²) in [5, 5.41) is 8.14. The van der Waals surface area contributed by atoms with E-state index in [1.165, 1.54) is 6.92 Å². The summed E-state index contributed by atoms with van der Waals surface area (Å²) in [4.78, 5) is 9.94. The molecular formula is C5H10FNO2. The third kappa shape index (κ3) is 3.90. The Balaban J connectivity index is 3.50. The second kappa shape index (κ2) is 3.40. The summed E-state index contributed by atoms with van der Waals surface area (Å²) < 4.78 is 12.0. The van der Waals surface area contributed by atoms with Crippen LogP contribution >= 0.6 is 0 Å². The van der Waals surface area contributed by atoms with Crippen LogP contribution in [0.2, 0.25) is 0 Å². The molecule has 2 unspecified atom stereocenters. The van der Waals surface area contributed by atoms with Crippen LogP contribution in [0.1, 0.15) is 13.3 Å². The van der Waals surface area contributed by atoms with Gasteiger partial charge in [-0.05, 0) is 6.92 Å². The number of aliphatic carboxylic acids is 1. The van der Waals surface area contributed by atoms with E-state index in [9.17, 15) is 9.18 Å². The first-order chi connectivity index (χ1) is 4.04. The van der Waals surface area contributed by atoms with Gasteiger partial charge in [0.2, 0.25) is 0 Å². The fourth-order valence-corrected chi connectivity index (χ4v) is 0.451. The molecule has 0 aliphatic heterocycles. The molecular weight excluding hydrogens is 125 g/mol. The Bertz CT molecular complexity index is 105. The molecule has 9 heavy (non-hydrogen) atoms. The molecule has 4 heteroatoms. The number of hydrogen-bond donors (Lipinski definition) is 2. The second-order valence-corrected chi connectivity index (χ2v) is 1.96. The summed E-state index contributed by atoms with van der Waals surface area (Å²) in [6, 6.07) is -1.06. The topological polar surface area (TPSA) is 63.3 Å². The number of carbonyl (C=O) groups is 1. The van der Waals surface area contributed by atoms with Crippen molar-refractivity contribution in [2.24, 2.45) is 5.73 Å². The Labute approximate surface area is 52.7 Å². The molecule has 0 heterocycles. The summed E-state index contributed by atoms with van der Waals surface area (Å²) in [7, 11) is 0. The number of carboxylic acids is 1. The zero-order valence-corrected chi connectivity index (χ0v) is 5.17. The number of carboxylic acid groups (broad SMARTS) is 1. The highest BCUT2D eigenvalue weighted by molar-refractivity contribution is 5.73. The molecule has 54 valence electrons. The van der Waals surface area contributed by atoms with Crippen molar-refractivity contribution in [1.29, 1.82) is 0 Å². The lowest BCUT2D eigenvalue weighted by Gasteiger charge is -2.04. The molecule has 0 saturated carbocycles. The Morgan fingerprint density at radius 3 is 2.44 bits per heavy atom. The Morgan fingerprint density at radius 2 is 2.33 bits per heavy atom. The Kier molecular flexibility index (Phi) is 3.16. The second-order valence-electron chi connectivity index (χ2n) is 1.96. The highest BCUT2D eigenvalue weighted by atomic mass is 19.1. The molecule has 0 spiro atoms. The maximum atomic E-state index is 12.0. The quantitative estimate of drug-likeness (QED) is 0.578. The van der Waals surface area contributed by atoms with Crippen LogP contribution in [0.4, 0.5) is 4.39 Å². The van der Waals surface area contributed by atoms with E-state index in [4.69, 9.17) is 10.8 Å². The van der Waals surface area contributed by atoms with Crippen LogP contribution in [0.5, 0.6) is 0 Å². The minimum Gasteiger partial charge on any atom is -0.480 e. The Hall–Kier alpha value is -0.640. The molecule has 3 nitrogen and oxygen atoms in total. The van der Waals surface area contributed by atoms with Crippen LogP contribution in [0, 0.1) is 0 Å². The average Bonchev–Trinajstić information content (AvgIpc) is 1.63. The molecule has 0 aromatic heterocycles. The van der Waals surface area contributed by atoms with Crippen LogP contribution in [0.25, 0.3) is 0 Å². The van der Waals surface area contributed by atoms with Crippen molar-refractivity contribution in [1.82, 2.24) is 0 Å². The molecule has 0 radical (unpaired) electrons. The van der Waals surface area contributed by atoms with Gasteiger partial charge >= 0.3 is 5.97 Å². The van der Waals surface area contributed by atoms with Gasteiger partial charge in [0, 0.05) is 6.42 Å². The van der Waals surface area contributed by atoms with Crippen molar-refractivity contribution in [2.45, 2.75) is 25.6 Å². The fraction of sp³-hybridized carbons (Fsp3) is 0.800. The first-order valence-electron chi connectivity index (χ1n) is 2.66. The molecule has 0 aromatic carbocycles. The smallest absolute Gasteiger partial charge is 0.320 e. The summed E-state index contributed by atoms with van der Waals surface area (Å²) >= 11 is 0. The van der Waals surface area contributed by atoms with E-state index in [1.807, 2.05) is 0 Å². The molecule has 0 bridgehead atoms. The zero-order valence-electron chi connectivity index (χ0n) is 5.17. The molecule has 2 atom stereocenters. The van der Waals surface area contributed by atoms with Gasteiger partial charge in [-0.3, -0.25) is 4.79 Å². The molecule has 0 aliphatic carbocycles. The highest BCUT2D eigenvalue weighted by Crippen LogP contribution is 1.98. The van der Waals surface area contributed by atoms with Crippen molar-refractivity contribution >= 4 is 5.97 Å². The largest absolute Gasteiger partial charge is 0.480 e. The maximum absolute atomic E-state index is 12.0. The summed E-state index contributed by atoms with van der Waals surface area (Å²) in [5.41, 5.74) is 4.98. The number of alkyl halides is 1. The van der Waals surface area contributed by atoms with Gasteiger partial charge in [0.1, 0.15) is 6.04 Å². The van der Waals surface area contributed by atoms with Crippen LogP contribution in [-0.2, 0) is 4.79 Å². The molecule has 0 amide bonds. The standard InChI is InChI=1S/C5H10FNO2/c1-3(6)2-4(7)5(8)9/h3-4H,2,7H2,1H3,(H,8,9). The summed E-state index contributed by atoms with van der Waals surface area (Å²) in [6.45, 7) is 1.28. The SMILES string of the molecule is CC(F)CC(N)C(=O)O. The number of nitrogens with two attached hydrogens (primary N) is 1. The van der Waals surface area contributed by atoms with E-state index in [0.717, 1.165) is 0 Å². The molecule has 3 N–H and O–H groups in total. The van der Waals surface area contributed by atoms with Gasteiger partial charge < -0.3 is 10.8 Å². The van der Waals surface area contributed by atoms with Crippen LogP contribution in [-0.4, -0.2) is 23.3 Å². The predicted octanol–water partition coefficient (Wildman–Crippen LogP) is 0.146. The molecule has 0 fully saturated rings. The van der Waals surface area contributed by atoms with E-state index in [0.29, 0.717) is 0 Å². The first kappa shape index (κ1) is 8.36. The minimum atomic E-state index is -1.15. The number of halogens is 1. The predicted molar refractivity (Wildman–Crippen MR) is 30.8 cm³/mol. The van der Waals surface area contributed by atoms with Gasteiger partial charge in [-0.1, -0.05) is 0 Å². The first-order valence-corrected chi connectivity index (χ1v) is 2.66. The third-order valence-corrected chi connectivity index (χ3v) is 0.896. The van der Waals surface area contributed by atoms with Gasteiger partial charge in [0.05, 0.1) is 6.17 Å². The number of rotatable bonds is 3. The minimum absolute atomic E-state index is 0.116. The lowest BCUT2D eigenvalue weighted by atomic mass is 10.2. The van der Waals surface area contributed by atoms with Crippen molar-refractivity contribution in [2.75, 3.05) is 0 Å². The van der Waals surface area contributed by atoms with Gasteiger partial charge in [0.15, 0.2) is 0 Å². The molecule has 0 aliphatic rings. The maximum Gasteiger partial charge on any atom is 0.320 e. The highest BCUT2D eigenvalue weighted by Gasteiger charge is 2.14. The van der Waals surface area contributed by atoms with Crippen LogP contribution in [0.3, 0.4) is 0 Å². The van der Waals surface area contributed by atoms with Crippen LogP contribution < -0.4 is 5.73 Å². The Morgan fingerprint density at radius 1 is 1.89 bits per heavy atom. The van der Waals surface area contributed by atoms with E-state index in [-0.39, 0.29) is 6.42 Å². The van der Waals surface area contributed by atoms with Crippen molar-refractivity contribution < 1.29 is 14.3 Å². The van der Waals surface area contributed by atoms with Gasteiger partial charge in [-0.25, -0.2) is 4.39 Å². The average molecular weight is 135 g/mol. The van der Waals surface area contributed by atoms with Crippen molar-refractivity contribution in [3.63, 3.8) is 0 Å². The van der Waals surface area contributed by atoms with E-state index >= 15 is 0 Å². The van der Waals surface area contributed by atoms with Crippen molar-refractivity contribution in [3.05, 3.63) is 0 Å². The fourth-order valence-electron chi connectivity index (χ4n) is 0.451. The van der Waals surface area contributed by atoms with E-state index in [2.05, 4.69) is 0 Å². The molecule has 0 saturated heterocycles. The zero-order chi connectivity index (χ0) is 7.44. The molecule has 0 aromatic rings. The third-order valence-electron chi connectivity index (χ3n) is 0.896. The molecule has 0 rings (SSSR count). The summed E-state index contributed by atoms with van der Waals surface area (Å²) in [6.07, 6.45) is -1.26. The summed E-state index contributed by atoms with van der Waals surface area (Å²) in [5.74, 6) is -1.15. The van der Waals surface area contributed by atoms with Crippen molar-refractivity contribution in [3.8, 4) is 0 Å². The number of hydrogen-bond acceptors (Lipinski definition) is 2. The van der Waals surface area contributed by atoms with Gasteiger partial charge in [-0.2, -0.15) is 0 Å². The lowest BCUT2D eigenvalue weighted by Crippen LogP contribution is -2.32. The monoisotopic (exact) mass is 135 g/mol. The van der Waals surface area contributed by atoms with Gasteiger partial charge in [0.25, 0.3) is 0 Å².